The average molecular weight is 731 g/mol. The van der Waals surface area contributed by atoms with Crippen LogP contribution in [0.3, 0.4) is 0 Å². The van der Waals surface area contributed by atoms with Crippen molar-refractivity contribution in [2.24, 2.45) is 0 Å². The quantitative estimate of drug-likeness (QED) is 0.176. The number of furan rings is 2. The van der Waals surface area contributed by atoms with Crippen LogP contribution in [0.25, 0.3) is 117 Å². The van der Waals surface area contributed by atoms with Crippen LogP contribution in [0, 0.1) is 0 Å². The standard InChI is InChI=1S/C51H30N4O2/c1-4-14-31(15-5-1)35-21-13-25-43-45(35)41-27-26-34(30-44(41)56-43)50-52-49(33-18-8-3-9-19-33)53-51(54-50)55-42-24-11-10-20-37(42)38-28-29-40-39-23-12-22-36(32-16-6-2-7-17-32)47(39)57-48(40)46(38)55/h1-30H. The van der Waals surface area contributed by atoms with Gasteiger partial charge in [-0.3, -0.25) is 4.57 Å². The third-order valence-electron chi connectivity index (χ3n) is 11.1. The zero-order valence-electron chi connectivity index (χ0n) is 30.4. The van der Waals surface area contributed by atoms with Crippen molar-refractivity contribution in [2.45, 2.75) is 0 Å². The fraction of sp³-hybridized carbons (Fsp3) is 0. The molecule has 0 aliphatic rings. The number of aromatic nitrogens is 4. The van der Waals surface area contributed by atoms with Gasteiger partial charge in [0, 0.05) is 49.0 Å². The number of nitrogens with zero attached hydrogens (tertiary/aromatic N) is 4. The van der Waals surface area contributed by atoms with E-state index in [9.17, 15) is 0 Å². The number of benzene rings is 8. The molecule has 0 radical (unpaired) electrons. The first-order chi connectivity index (χ1) is 28.3. The Bertz CT molecular complexity index is 3510. The molecular formula is C51H30N4O2. The van der Waals surface area contributed by atoms with Crippen LogP contribution in [-0.4, -0.2) is 19.5 Å². The van der Waals surface area contributed by atoms with Gasteiger partial charge in [0.15, 0.2) is 17.2 Å². The van der Waals surface area contributed by atoms with Crippen LogP contribution in [0.5, 0.6) is 0 Å². The Morgan fingerprint density at radius 3 is 1.75 bits per heavy atom. The minimum atomic E-state index is 0.498. The summed E-state index contributed by atoms with van der Waals surface area (Å²) in [4.78, 5) is 15.6. The number of hydrogen-bond donors (Lipinski definition) is 0. The highest BCUT2D eigenvalue weighted by atomic mass is 16.3. The van der Waals surface area contributed by atoms with E-state index in [0.29, 0.717) is 17.6 Å². The molecule has 6 heteroatoms. The fourth-order valence-electron chi connectivity index (χ4n) is 8.49. The maximum absolute atomic E-state index is 6.99. The van der Waals surface area contributed by atoms with Crippen molar-refractivity contribution < 1.29 is 8.83 Å². The molecule has 0 unspecified atom stereocenters. The maximum Gasteiger partial charge on any atom is 0.238 e. The number of para-hydroxylation sites is 2. The second kappa shape index (κ2) is 12.3. The summed E-state index contributed by atoms with van der Waals surface area (Å²) in [6.45, 7) is 0. The topological polar surface area (TPSA) is 69.9 Å². The third kappa shape index (κ3) is 4.87. The molecule has 0 saturated heterocycles. The van der Waals surface area contributed by atoms with Crippen LogP contribution < -0.4 is 0 Å². The normalized spacial score (nSPS) is 11.9. The largest absolute Gasteiger partial charge is 0.456 e. The first-order valence-corrected chi connectivity index (χ1v) is 19.0. The van der Waals surface area contributed by atoms with E-state index in [-0.39, 0.29) is 0 Å². The van der Waals surface area contributed by atoms with Gasteiger partial charge >= 0.3 is 0 Å². The predicted molar refractivity (Wildman–Crippen MR) is 230 cm³/mol. The summed E-state index contributed by atoms with van der Waals surface area (Å²) in [6.07, 6.45) is 0. The van der Waals surface area contributed by atoms with Crippen LogP contribution in [-0.2, 0) is 0 Å². The lowest BCUT2D eigenvalue weighted by molar-refractivity contribution is 0.669. The summed E-state index contributed by atoms with van der Waals surface area (Å²) in [5.74, 6) is 1.61. The van der Waals surface area contributed by atoms with Gasteiger partial charge in [0.1, 0.15) is 22.3 Å². The molecule has 4 heterocycles. The van der Waals surface area contributed by atoms with Gasteiger partial charge in [-0.2, -0.15) is 9.97 Å². The Morgan fingerprint density at radius 1 is 0.368 bits per heavy atom. The van der Waals surface area contributed by atoms with E-state index in [4.69, 9.17) is 23.8 Å². The summed E-state index contributed by atoms with van der Waals surface area (Å²) in [7, 11) is 0. The van der Waals surface area contributed by atoms with E-state index in [1.807, 2.05) is 60.7 Å². The highest BCUT2D eigenvalue weighted by molar-refractivity contribution is 6.22. The van der Waals surface area contributed by atoms with Crippen molar-refractivity contribution in [1.29, 1.82) is 0 Å². The second-order valence-electron chi connectivity index (χ2n) is 14.3. The van der Waals surface area contributed by atoms with Gasteiger partial charge in [-0.15, -0.1) is 0 Å². The zero-order valence-corrected chi connectivity index (χ0v) is 30.4. The van der Waals surface area contributed by atoms with Gasteiger partial charge in [0.25, 0.3) is 0 Å². The number of rotatable bonds is 5. The molecule has 0 aliphatic heterocycles. The summed E-state index contributed by atoms with van der Waals surface area (Å²) in [6, 6.07) is 62.5. The van der Waals surface area contributed by atoms with E-state index < -0.39 is 0 Å². The van der Waals surface area contributed by atoms with Crippen LogP contribution in [0.4, 0.5) is 0 Å². The van der Waals surface area contributed by atoms with Gasteiger partial charge in [-0.25, -0.2) is 4.98 Å². The lowest BCUT2D eigenvalue weighted by Gasteiger charge is -2.11. The monoisotopic (exact) mass is 730 g/mol. The number of fused-ring (bicyclic) bond motifs is 10. The SMILES string of the molecule is c1ccc(-c2nc(-c3ccc4c(c3)oc3cccc(-c5ccccc5)c34)nc(-n3c4ccccc4c4ccc5c6cccc(-c7ccccc7)c6oc5c43)n2)cc1. The highest BCUT2D eigenvalue weighted by Crippen LogP contribution is 2.43. The van der Waals surface area contributed by atoms with Gasteiger partial charge in [-0.1, -0.05) is 152 Å². The molecule has 0 spiro atoms. The first kappa shape index (κ1) is 31.5. The Kier molecular flexibility index (Phi) is 6.83. The van der Waals surface area contributed by atoms with Crippen molar-refractivity contribution in [1.82, 2.24) is 19.5 Å². The van der Waals surface area contributed by atoms with E-state index >= 15 is 0 Å². The van der Waals surface area contributed by atoms with E-state index in [0.717, 1.165) is 99.1 Å². The second-order valence-corrected chi connectivity index (χ2v) is 14.3. The Hall–Kier alpha value is -7.83. The summed E-state index contributed by atoms with van der Waals surface area (Å²) in [5, 5.41) is 6.35. The van der Waals surface area contributed by atoms with Crippen molar-refractivity contribution in [3.05, 3.63) is 182 Å². The first-order valence-electron chi connectivity index (χ1n) is 19.0. The van der Waals surface area contributed by atoms with E-state index in [1.54, 1.807) is 0 Å². The van der Waals surface area contributed by atoms with E-state index in [2.05, 4.69) is 126 Å². The fourth-order valence-corrected chi connectivity index (χ4v) is 8.49. The minimum Gasteiger partial charge on any atom is -0.456 e. The molecule has 0 atom stereocenters. The van der Waals surface area contributed by atoms with Crippen LogP contribution in [0.15, 0.2) is 191 Å². The maximum atomic E-state index is 6.99. The molecule has 0 N–H and O–H groups in total. The van der Waals surface area contributed by atoms with Crippen molar-refractivity contribution in [3.63, 3.8) is 0 Å². The summed E-state index contributed by atoms with van der Waals surface area (Å²) < 4.78 is 15.7. The molecule has 12 aromatic rings. The molecule has 0 bridgehead atoms. The lowest BCUT2D eigenvalue weighted by atomic mass is 9.99. The Balaban J connectivity index is 1.12. The van der Waals surface area contributed by atoms with Gasteiger partial charge in [0.2, 0.25) is 5.95 Å². The molecule has 8 aromatic carbocycles. The molecular weight excluding hydrogens is 701 g/mol. The summed E-state index contributed by atoms with van der Waals surface area (Å²) in [5.41, 5.74) is 11.2. The molecule has 6 nitrogen and oxygen atoms in total. The van der Waals surface area contributed by atoms with E-state index in [1.165, 1.54) is 0 Å². The molecule has 0 fully saturated rings. The smallest absolute Gasteiger partial charge is 0.238 e. The minimum absolute atomic E-state index is 0.498. The molecule has 0 amide bonds. The lowest BCUT2D eigenvalue weighted by Crippen LogP contribution is -2.06. The molecule has 4 aromatic heterocycles. The third-order valence-corrected chi connectivity index (χ3v) is 11.1. The Labute approximate surface area is 325 Å². The van der Waals surface area contributed by atoms with Crippen molar-refractivity contribution >= 4 is 65.7 Å². The van der Waals surface area contributed by atoms with Crippen molar-refractivity contribution in [2.75, 3.05) is 0 Å². The van der Waals surface area contributed by atoms with Gasteiger partial charge in [0.05, 0.1) is 5.52 Å². The van der Waals surface area contributed by atoms with Gasteiger partial charge < -0.3 is 8.83 Å². The highest BCUT2D eigenvalue weighted by Gasteiger charge is 2.23. The van der Waals surface area contributed by atoms with Crippen LogP contribution in [0.1, 0.15) is 0 Å². The molecule has 12 rings (SSSR count). The molecule has 57 heavy (non-hydrogen) atoms. The number of hydrogen-bond acceptors (Lipinski definition) is 5. The average Bonchev–Trinajstić information content (AvgIpc) is 3.96. The van der Waals surface area contributed by atoms with Crippen LogP contribution >= 0.6 is 0 Å². The van der Waals surface area contributed by atoms with Gasteiger partial charge in [-0.05, 0) is 47.0 Å². The zero-order chi connectivity index (χ0) is 37.5. The van der Waals surface area contributed by atoms with Crippen LogP contribution in [0.2, 0.25) is 0 Å². The Morgan fingerprint density at radius 2 is 0.965 bits per heavy atom. The molecule has 0 aliphatic carbocycles. The van der Waals surface area contributed by atoms with Crippen molar-refractivity contribution in [3.8, 4) is 51.0 Å². The predicted octanol–water partition coefficient (Wildman–Crippen LogP) is 13.4. The molecule has 0 saturated carbocycles. The summed E-state index contributed by atoms with van der Waals surface area (Å²) >= 11 is 0. The molecule has 266 valence electrons.